The Morgan fingerprint density at radius 1 is 1.54 bits per heavy atom. The zero-order valence-corrected chi connectivity index (χ0v) is 7.43. The van der Waals surface area contributed by atoms with Crippen LogP contribution < -0.4 is 10.1 Å². The summed E-state index contributed by atoms with van der Waals surface area (Å²) in [6.07, 6.45) is 0. The van der Waals surface area contributed by atoms with Crippen molar-refractivity contribution >= 4 is 12.2 Å². The van der Waals surface area contributed by atoms with Crippen LogP contribution in [0.15, 0.2) is 12.1 Å². The van der Waals surface area contributed by atoms with Crippen molar-refractivity contribution in [2.45, 2.75) is 6.92 Å². The first kappa shape index (κ1) is 9.51. The van der Waals surface area contributed by atoms with Crippen LogP contribution in [0.5, 0.6) is 5.75 Å². The number of halogens is 1. The number of carbonyl (C=O) groups is 1. The summed E-state index contributed by atoms with van der Waals surface area (Å²) in [5.41, 5.74) is 0.907. The Hall–Kier alpha value is -1.58. The molecule has 1 N–H and O–H groups in total. The highest BCUT2D eigenvalue weighted by atomic mass is 19.1. The monoisotopic (exact) mass is 183 g/mol. The van der Waals surface area contributed by atoms with Gasteiger partial charge in [-0.3, -0.25) is 4.79 Å². The van der Waals surface area contributed by atoms with E-state index in [4.69, 9.17) is 0 Å². The van der Waals surface area contributed by atoms with Crippen molar-refractivity contribution in [2.24, 2.45) is 0 Å². The lowest BCUT2D eigenvalue weighted by molar-refractivity contribution is -0.120. The predicted molar refractivity (Wildman–Crippen MR) is 47.4 cm³/mol. The molecule has 0 radical (unpaired) electrons. The number of nitrogens with one attached hydrogen (secondary N) is 1. The molecule has 0 saturated carbocycles. The van der Waals surface area contributed by atoms with Crippen LogP contribution in [0.3, 0.4) is 0 Å². The van der Waals surface area contributed by atoms with Crippen LogP contribution in [0.2, 0.25) is 0 Å². The molecule has 70 valence electrons. The van der Waals surface area contributed by atoms with Crippen molar-refractivity contribution in [2.75, 3.05) is 12.4 Å². The predicted octanol–water partition coefficient (Wildman–Crippen LogP) is 1.71. The molecule has 0 aliphatic carbocycles. The van der Waals surface area contributed by atoms with Crippen LogP contribution in [0, 0.1) is 12.7 Å². The zero-order chi connectivity index (χ0) is 9.84. The van der Waals surface area contributed by atoms with E-state index in [1.54, 1.807) is 14.0 Å². The van der Waals surface area contributed by atoms with Gasteiger partial charge in [-0.05, 0) is 19.1 Å². The molecule has 0 heterocycles. The van der Waals surface area contributed by atoms with Crippen LogP contribution in [0.1, 0.15) is 5.56 Å². The van der Waals surface area contributed by atoms with E-state index < -0.39 is 5.82 Å². The van der Waals surface area contributed by atoms with Gasteiger partial charge in [0.2, 0.25) is 0 Å². The minimum Gasteiger partial charge on any atom is -0.426 e. The molecule has 0 aliphatic rings. The van der Waals surface area contributed by atoms with E-state index in [0.29, 0.717) is 11.3 Å². The summed E-state index contributed by atoms with van der Waals surface area (Å²) in [5, 5.41) is 2.80. The minimum absolute atomic E-state index is 0.234. The second-order valence-corrected chi connectivity index (χ2v) is 2.51. The van der Waals surface area contributed by atoms with Crippen LogP contribution >= 0.6 is 0 Å². The van der Waals surface area contributed by atoms with E-state index in [1.807, 2.05) is 0 Å². The number of hydrogen-bond donors (Lipinski definition) is 1. The van der Waals surface area contributed by atoms with Gasteiger partial charge in [0.05, 0.1) is 5.69 Å². The van der Waals surface area contributed by atoms with E-state index in [-0.39, 0.29) is 12.2 Å². The van der Waals surface area contributed by atoms with Gasteiger partial charge in [-0.15, -0.1) is 0 Å². The van der Waals surface area contributed by atoms with Crippen molar-refractivity contribution in [3.63, 3.8) is 0 Å². The highest BCUT2D eigenvalue weighted by Gasteiger charge is 2.09. The van der Waals surface area contributed by atoms with Gasteiger partial charge in [-0.1, -0.05) is 0 Å². The van der Waals surface area contributed by atoms with Crippen molar-refractivity contribution in [3.8, 4) is 5.75 Å². The highest BCUT2D eigenvalue weighted by Crippen LogP contribution is 2.29. The molecule has 0 amide bonds. The number of anilines is 1. The van der Waals surface area contributed by atoms with E-state index in [1.165, 1.54) is 12.1 Å². The summed E-state index contributed by atoms with van der Waals surface area (Å²) in [7, 11) is 1.67. The summed E-state index contributed by atoms with van der Waals surface area (Å²) in [4.78, 5) is 10.1. The third-order valence-electron chi connectivity index (χ3n) is 1.78. The largest absolute Gasteiger partial charge is 0.426 e. The number of carbonyl (C=O) groups excluding carboxylic acids is 1. The lowest BCUT2D eigenvalue weighted by Crippen LogP contribution is -1.99. The van der Waals surface area contributed by atoms with Crippen molar-refractivity contribution in [1.82, 2.24) is 0 Å². The molecule has 0 fully saturated rings. The van der Waals surface area contributed by atoms with Gasteiger partial charge in [-0.2, -0.15) is 0 Å². The Morgan fingerprint density at radius 2 is 2.23 bits per heavy atom. The van der Waals surface area contributed by atoms with E-state index in [9.17, 15) is 9.18 Å². The fraction of sp³-hybridized carbons (Fsp3) is 0.222. The summed E-state index contributed by atoms with van der Waals surface area (Å²) in [6, 6.07) is 2.83. The number of ether oxygens (including phenoxy) is 1. The number of rotatable bonds is 3. The average molecular weight is 183 g/mol. The second-order valence-electron chi connectivity index (χ2n) is 2.51. The third kappa shape index (κ3) is 1.77. The molecule has 0 unspecified atom stereocenters. The molecule has 4 heteroatoms. The molecule has 1 rings (SSSR count). The first-order chi connectivity index (χ1) is 6.20. The fourth-order valence-corrected chi connectivity index (χ4v) is 1.06. The molecule has 0 bridgehead atoms. The van der Waals surface area contributed by atoms with Gasteiger partial charge >= 0.3 is 0 Å². The van der Waals surface area contributed by atoms with Crippen LogP contribution in [0.25, 0.3) is 0 Å². The molecule has 1 aromatic carbocycles. The zero-order valence-electron chi connectivity index (χ0n) is 7.43. The molecule has 0 aromatic heterocycles. The third-order valence-corrected chi connectivity index (χ3v) is 1.78. The average Bonchev–Trinajstić information content (AvgIpc) is 2.14. The number of benzene rings is 1. The fourth-order valence-electron chi connectivity index (χ4n) is 1.06. The van der Waals surface area contributed by atoms with E-state index in [2.05, 4.69) is 10.1 Å². The molecule has 0 spiro atoms. The van der Waals surface area contributed by atoms with Crippen LogP contribution in [0.4, 0.5) is 10.1 Å². The summed E-state index contributed by atoms with van der Waals surface area (Å²) < 4.78 is 17.7. The van der Waals surface area contributed by atoms with Crippen LogP contribution in [-0.4, -0.2) is 13.5 Å². The molecule has 13 heavy (non-hydrogen) atoms. The van der Waals surface area contributed by atoms with Gasteiger partial charge in [0.25, 0.3) is 6.47 Å². The van der Waals surface area contributed by atoms with Gasteiger partial charge in [0, 0.05) is 12.6 Å². The van der Waals surface area contributed by atoms with Crippen LogP contribution in [-0.2, 0) is 4.79 Å². The first-order valence-corrected chi connectivity index (χ1v) is 3.78. The van der Waals surface area contributed by atoms with E-state index >= 15 is 0 Å². The second kappa shape index (κ2) is 3.89. The normalized spacial score (nSPS) is 9.46. The molecule has 0 atom stereocenters. The maximum Gasteiger partial charge on any atom is 0.298 e. The minimum atomic E-state index is -0.393. The first-order valence-electron chi connectivity index (χ1n) is 3.78. The standard InChI is InChI=1S/C9H10FNO2/c1-6-7(10)3-4-8(11-2)9(6)13-5-12/h3-5,11H,1-2H3. The topological polar surface area (TPSA) is 38.3 Å². The Kier molecular flexibility index (Phi) is 2.84. The van der Waals surface area contributed by atoms with Gasteiger partial charge in [0.1, 0.15) is 5.82 Å². The summed E-state index contributed by atoms with van der Waals surface area (Å²) >= 11 is 0. The van der Waals surface area contributed by atoms with Gasteiger partial charge in [-0.25, -0.2) is 4.39 Å². The van der Waals surface area contributed by atoms with Crippen molar-refractivity contribution in [3.05, 3.63) is 23.5 Å². The number of hydrogen-bond acceptors (Lipinski definition) is 3. The van der Waals surface area contributed by atoms with Crippen molar-refractivity contribution in [1.29, 1.82) is 0 Å². The lowest BCUT2D eigenvalue weighted by Gasteiger charge is -2.09. The van der Waals surface area contributed by atoms with Gasteiger partial charge in [0.15, 0.2) is 5.75 Å². The highest BCUT2D eigenvalue weighted by molar-refractivity contribution is 5.63. The molecule has 0 saturated heterocycles. The Labute approximate surface area is 75.5 Å². The Balaban J connectivity index is 3.23. The SMILES string of the molecule is CNc1ccc(F)c(C)c1OC=O. The van der Waals surface area contributed by atoms with Gasteiger partial charge < -0.3 is 10.1 Å². The maximum absolute atomic E-state index is 13.0. The molecule has 1 aromatic rings. The quantitative estimate of drug-likeness (QED) is 0.725. The molecule has 0 aliphatic heterocycles. The molecule has 3 nitrogen and oxygen atoms in total. The lowest BCUT2D eigenvalue weighted by atomic mass is 10.2. The smallest absolute Gasteiger partial charge is 0.298 e. The maximum atomic E-state index is 13.0. The Morgan fingerprint density at radius 3 is 2.77 bits per heavy atom. The molecular formula is C9H10FNO2. The van der Waals surface area contributed by atoms with Crippen molar-refractivity contribution < 1.29 is 13.9 Å². The van der Waals surface area contributed by atoms with E-state index in [0.717, 1.165) is 0 Å². The Bertz CT molecular complexity index is 326. The summed E-state index contributed by atoms with van der Waals surface area (Å²) in [6.45, 7) is 1.83. The summed E-state index contributed by atoms with van der Waals surface area (Å²) in [5.74, 6) is -0.159. The molecular weight excluding hydrogens is 173 g/mol.